The zero-order chi connectivity index (χ0) is 13.0. The second-order valence-electron chi connectivity index (χ2n) is 4.44. The number of halogens is 1. The predicted octanol–water partition coefficient (Wildman–Crippen LogP) is 3.62. The van der Waals surface area contributed by atoms with Crippen LogP contribution in [0.25, 0.3) is 6.08 Å². The second-order valence-corrected chi connectivity index (χ2v) is 4.85. The molecule has 0 heterocycles. The Kier molecular flexibility index (Phi) is 4.26. The molecule has 1 saturated carbocycles. The number of rotatable bonds is 6. The minimum Gasteiger partial charge on any atom is -0.492 e. The summed E-state index contributed by atoms with van der Waals surface area (Å²) in [7, 11) is 0. The molecule has 1 aromatic carbocycles. The van der Waals surface area contributed by atoms with Crippen LogP contribution in [0.2, 0.25) is 5.02 Å². The van der Waals surface area contributed by atoms with Gasteiger partial charge in [-0.15, -0.1) is 0 Å². The fourth-order valence-electron chi connectivity index (χ4n) is 1.65. The van der Waals surface area contributed by atoms with Crippen LogP contribution in [0.15, 0.2) is 24.3 Å². The quantitative estimate of drug-likeness (QED) is 0.800. The molecule has 0 atom stereocenters. The van der Waals surface area contributed by atoms with Gasteiger partial charge in [-0.3, -0.25) is 0 Å². The number of ether oxygens (including phenoxy) is 1. The van der Waals surface area contributed by atoms with Gasteiger partial charge in [0.2, 0.25) is 0 Å². The van der Waals surface area contributed by atoms with Gasteiger partial charge in [-0.05, 0) is 36.1 Å². The monoisotopic (exact) mass is 266 g/mol. The van der Waals surface area contributed by atoms with Crippen molar-refractivity contribution < 1.29 is 14.6 Å². The average Bonchev–Trinajstić information content (AvgIpc) is 3.13. The molecule has 0 bridgehead atoms. The minimum atomic E-state index is -0.976. The molecular formula is C14H15ClO3. The zero-order valence-electron chi connectivity index (χ0n) is 9.93. The number of carboxylic acids is 1. The molecule has 0 amide bonds. The smallest absolute Gasteiger partial charge is 0.328 e. The molecule has 1 aliphatic carbocycles. The van der Waals surface area contributed by atoms with Crippen LogP contribution in [0.5, 0.6) is 5.75 Å². The third-order valence-electron chi connectivity index (χ3n) is 2.85. The Morgan fingerprint density at radius 2 is 2.28 bits per heavy atom. The van der Waals surface area contributed by atoms with Crippen molar-refractivity contribution in [2.24, 2.45) is 5.92 Å². The number of aliphatic carboxylic acids is 1. The van der Waals surface area contributed by atoms with Crippen molar-refractivity contribution in [3.05, 3.63) is 34.9 Å². The molecule has 3 nitrogen and oxygen atoms in total. The molecule has 18 heavy (non-hydrogen) atoms. The van der Waals surface area contributed by atoms with Gasteiger partial charge in [0.05, 0.1) is 11.6 Å². The summed E-state index contributed by atoms with van der Waals surface area (Å²) in [5, 5.41) is 9.04. The van der Waals surface area contributed by atoms with E-state index >= 15 is 0 Å². The van der Waals surface area contributed by atoms with Crippen LogP contribution in [-0.4, -0.2) is 17.7 Å². The fourth-order valence-corrected chi connectivity index (χ4v) is 1.89. The van der Waals surface area contributed by atoms with Crippen molar-refractivity contribution in [3.63, 3.8) is 0 Å². The van der Waals surface area contributed by atoms with Gasteiger partial charge in [0, 0.05) is 6.08 Å². The van der Waals surface area contributed by atoms with Crippen molar-refractivity contribution >= 4 is 23.6 Å². The van der Waals surface area contributed by atoms with E-state index in [2.05, 4.69) is 0 Å². The van der Waals surface area contributed by atoms with Gasteiger partial charge in [-0.1, -0.05) is 30.5 Å². The first kappa shape index (κ1) is 13.0. The highest BCUT2D eigenvalue weighted by Gasteiger charge is 2.20. The van der Waals surface area contributed by atoms with E-state index in [1.807, 2.05) is 0 Å². The Morgan fingerprint density at radius 1 is 1.50 bits per heavy atom. The highest BCUT2D eigenvalue weighted by atomic mass is 35.5. The third-order valence-corrected chi connectivity index (χ3v) is 3.15. The summed E-state index contributed by atoms with van der Waals surface area (Å²) < 4.78 is 5.60. The lowest BCUT2D eigenvalue weighted by Crippen LogP contribution is -1.98. The standard InChI is InChI=1S/C14H15ClO3/c15-12-9-11(4-6-14(16)17)3-5-13(12)18-8-7-10-1-2-10/h3-6,9-10H,1-2,7-8H2,(H,16,17). The molecule has 0 aromatic heterocycles. The highest BCUT2D eigenvalue weighted by molar-refractivity contribution is 6.32. The lowest BCUT2D eigenvalue weighted by Gasteiger charge is -2.08. The summed E-state index contributed by atoms with van der Waals surface area (Å²) >= 11 is 6.07. The molecule has 1 N–H and O–H groups in total. The van der Waals surface area contributed by atoms with Gasteiger partial charge in [0.15, 0.2) is 0 Å². The van der Waals surface area contributed by atoms with Gasteiger partial charge < -0.3 is 9.84 Å². The Morgan fingerprint density at radius 3 is 2.89 bits per heavy atom. The Bertz CT molecular complexity index is 464. The summed E-state index contributed by atoms with van der Waals surface area (Å²) in [4.78, 5) is 10.4. The molecule has 1 aromatic rings. The minimum absolute atomic E-state index is 0.512. The largest absolute Gasteiger partial charge is 0.492 e. The van der Waals surface area contributed by atoms with Crippen LogP contribution in [-0.2, 0) is 4.79 Å². The van der Waals surface area contributed by atoms with Crippen molar-refractivity contribution in [2.45, 2.75) is 19.3 Å². The van der Waals surface area contributed by atoms with Crippen LogP contribution < -0.4 is 4.74 Å². The average molecular weight is 267 g/mol. The van der Waals surface area contributed by atoms with E-state index < -0.39 is 5.97 Å². The van der Waals surface area contributed by atoms with Crippen molar-refractivity contribution in [3.8, 4) is 5.75 Å². The number of benzene rings is 1. The van der Waals surface area contributed by atoms with E-state index in [1.54, 1.807) is 18.2 Å². The molecule has 0 radical (unpaired) electrons. The van der Waals surface area contributed by atoms with Crippen LogP contribution >= 0.6 is 11.6 Å². The van der Waals surface area contributed by atoms with Crippen molar-refractivity contribution in [1.29, 1.82) is 0 Å². The molecular weight excluding hydrogens is 252 g/mol. The van der Waals surface area contributed by atoms with Crippen LogP contribution in [0.1, 0.15) is 24.8 Å². The maximum Gasteiger partial charge on any atom is 0.328 e. The first-order chi connectivity index (χ1) is 8.65. The van der Waals surface area contributed by atoms with E-state index in [1.165, 1.54) is 18.9 Å². The van der Waals surface area contributed by atoms with E-state index in [9.17, 15) is 4.79 Å². The Labute approximate surface area is 111 Å². The molecule has 96 valence electrons. The molecule has 4 heteroatoms. The number of hydrogen-bond acceptors (Lipinski definition) is 2. The molecule has 0 unspecified atom stereocenters. The number of hydrogen-bond donors (Lipinski definition) is 1. The lowest BCUT2D eigenvalue weighted by molar-refractivity contribution is -0.131. The molecule has 0 spiro atoms. The lowest BCUT2D eigenvalue weighted by atomic mass is 10.2. The van der Waals surface area contributed by atoms with Gasteiger partial charge in [-0.2, -0.15) is 0 Å². The summed E-state index contributed by atoms with van der Waals surface area (Å²) in [6, 6.07) is 5.27. The zero-order valence-corrected chi connectivity index (χ0v) is 10.7. The first-order valence-electron chi connectivity index (χ1n) is 5.98. The van der Waals surface area contributed by atoms with Gasteiger partial charge in [0.1, 0.15) is 5.75 Å². The van der Waals surface area contributed by atoms with Crippen molar-refractivity contribution in [1.82, 2.24) is 0 Å². The third kappa shape index (κ3) is 4.08. The SMILES string of the molecule is O=C(O)C=Cc1ccc(OCCC2CC2)c(Cl)c1. The first-order valence-corrected chi connectivity index (χ1v) is 6.36. The predicted molar refractivity (Wildman–Crippen MR) is 71.0 cm³/mol. The summed E-state index contributed by atoms with van der Waals surface area (Å²) in [5.74, 6) is 0.516. The van der Waals surface area contributed by atoms with E-state index in [4.69, 9.17) is 21.4 Å². The normalized spacial score (nSPS) is 14.9. The van der Waals surface area contributed by atoms with Crippen LogP contribution in [0.4, 0.5) is 0 Å². The molecule has 1 fully saturated rings. The van der Waals surface area contributed by atoms with Gasteiger partial charge in [-0.25, -0.2) is 4.79 Å². The van der Waals surface area contributed by atoms with E-state index in [0.29, 0.717) is 17.4 Å². The Balaban J connectivity index is 1.93. The highest BCUT2D eigenvalue weighted by Crippen LogP contribution is 2.33. The summed E-state index contributed by atoms with van der Waals surface area (Å²) in [6.07, 6.45) is 6.30. The van der Waals surface area contributed by atoms with Crippen molar-refractivity contribution in [2.75, 3.05) is 6.61 Å². The Hall–Kier alpha value is -1.48. The summed E-state index contributed by atoms with van der Waals surface area (Å²) in [5.41, 5.74) is 0.747. The topological polar surface area (TPSA) is 46.5 Å². The number of carbonyl (C=O) groups is 1. The molecule has 2 rings (SSSR count). The maximum atomic E-state index is 10.4. The molecule has 0 saturated heterocycles. The molecule has 1 aliphatic rings. The van der Waals surface area contributed by atoms with Gasteiger partial charge >= 0.3 is 5.97 Å². The van der Waals surface area contributed by atoms with E-state index in [0.717, 1.165) is 24.0 Å². The second kappa shape index (κ2) is 5.91. The molecule has 0 aliphatic heterocycles. The van der Waals surface area contributed by atoms with Crippen LogP contribution in [0, 0.1) is 5.92 Å². The van der Waals surface area contributed by atoms with Gasteiger partial charge in [0.25, 0.3) is 0 Å². The maximum absolute atomic E-state index is 10.4. The van der Waals surface area contributed by atoms with Crippen LogP contribution in [0.3, 0.4) is 0 Å². The van der Waals surface area contributed by atoms with E-state index in [-0.39, 0.29) is 0 Å². The number of carboxylic acid groups (broad SMARTS) is 1. The summed E-state index contributed by atoms with van der Waals surface area (Å²) in [6.45, 7) is 0.689. The fraction of sp³-hybridized carbons (Fsp3) is 0.357.